The highest BCUT2D eigenvalue weighted by Gasteiger charge is 2.48. The van der Waals surface area contributed by atoms with E-state index in [1.807, 2.05) is 36.4 Å². The van der Waals surface area contributed by atoms with Crippen molar-refractivity contribution in [2.75, 3.05) is 13.2 Å². The first-order chi connectivity index (χ1) is 32.6. The minimum atomic E-state index is -2.90. The maximum atomic E-state index is 14.5. The van der Waals surface area contributed by atoms with Crippen molar-refractivity contribution in [1.29, 1.82) is 0 Å². The zero-order valence-electron chi connectivity index (χ0n) is 48.3. The summed E-state index contributed by atoms with van der Waals surface area (Å²) in [6.07, 6.45) is 0.593. The summed E-state index contributed by atoms with van der Waals surface area (Å²) >= 11 is 0. The molecular weight excluding hydrogens is 937 g/mol. The Balaban J connectivity index is 2.47. The van der Waals surface area contributed by atoms with Crippen LogP contribution in [-0.4, -0.2) is 82.0 Å². The number of aliphatic hydroxyl groups excluding tert-OH is 1. The monoisotopic (exact) mass is 1040 g/mol. The molecule has 2 aromatic rings. The first kappa shape index (κ1) is 64.6. The second-order valence-electron chi connectivity index (χ2n) is 23.8. The Morgan fingerprint density at radius 1 is 0.614 bits per heavy atom. The standard InChI is InChI=1S/C58H106O8Si4/c1-21-68(22-2,23-3)65-56(36-49(14)50(15)41-62-69(44(4)5,45(6)7)46(8)9)38-53(59)37-54(60)39-57(64-67(19,20)58(16,17)18)40-55(34-35-61-42-51-30-26-24-27-31-51)66-70(47(10)11,48(12)13)63-43-52-32-28-25-29-33-52/h24-33,44-48,50,53,55-57,59H,14,21-23,34-43H2,1-13,15-20H3/t50-,53+,55-,56-,57+/m0/s1. The lowest BCUT2D eigenvalue weighted by Crippen LogP contribution is -2.52. The maximum absolute atomic E-state index is 14.5. The molecule has 5 atom stereocenters. The molecule has 0 bridgehead atoms. The summed E-state index contributed by atoms with van der Waals surface area (Å²) in [5.41, 5.74) is 5.15. The molecule has 2 rings (SSSR count). The predicted molar refractivity (Wildman–Crippen MR) is 306 cm³/mol. The van der Waals surface area contributed by atoms with E-state index in [9.17, 15) is 9.90 Å². The molecule has 0 saturated carbocycles. The summed E-state index contributed by atoms with van der Waals surface area (Å²) in [5.74, 6) is 0.131. The van der Waals surface area contributed by atoms with Gasteiger partial charge in [0.15, 0.2) is 25.0 Å². The quantitative estimate of drug-likeness (QED) is 0.0410. The summed E-state index contributed by atoms with van der Waals surface area (Å²) < 4.78 is 42.3. The number of carbonyl (C=O) groups is 1. The van der Waals surface area contributed by atoms with E-state index in [-0.39, 0.29) is 52.9 Å². The Kier molecular flexibility index (Phi) is 27.8. The molecule has 12 heteroatoms. The van der Waals surface area contributed by atoms with Crippen molar-refractivity contribution in [3.63, 3.8) is 0 Å². The van der Waals surface area contributed by atoms with Crippen molar-refractivity contribution < 1.29 is 36.8 Å². The van der Waals surface area contributed by atoms with Gasteiger partial charge in [0.05, 0.1) is 37.6 Å². The summed E-state index contributed by atoms with van der Waals surface area (Å²) in [5, 5.41) is 11.9. The largest absolute Gasteiger partial charge is 0.415 e. The third kappa shape index (κ3) is 19.6. The first-order valence-electron chi connectivity index (χ1n) is 27.5. The average Bonchev–Trinajstić information content (AvgIpc) is 3.27. The summed E-state index contributed by atoms with van der Waals surface area (Å²) in [6, 6.07) is 23.6. The van der Waals surface area contributed by atoms with E-state index >= 15 is 0 Å². The molecule has 0 aromatic heterocycles. The van der Waals surface area contributed by atoms with Gasteiger partial charge in [-0.25, -0.2) is 0 Å². The highest BCUT2D eigenvalue weighted by Crippen LogP contribution is 2.44. The van der Waals surface area contributed by atoms with Crippen molar-refractivity contribution in [1.82, 2.24) is 0 Å². The second kappa shape index (κ2) is 30.1. The van der Waals surface area contributed by atoms with Crippen LogP contribution < -0.4 is 0 Å². The molecule has 8 nitrogen and oxygen atoms in total. The number of hydrogen-bond acceptors (Lipinski definition) is 8. The smallest absolute Gasteiger partial charge is 0.343 e. The molecule has 0 aliphatic carbocycles. The van der Waals surface area contributed by atoms with Crippen LogP contribution in [0.25, 0.3) is 0 Å². The fourth-order valence-electron chi connectivity index (χ4n) is 10.5. The zero-order chi connectivity index (χ0) is 53.1. The van der Waals surface area contributed by atoms with Crippen molar-refractivity contribution in [2.45, 2.75) is 258 Å². The summed E-state index contributed by atoms with van der Waals surface area (Å²) in [6.45, 7) is 49.8. The van der Waals surface area contributed by atoms with Crippen LogP contribution in [0.5, 0.6) is 0 Å². The first-order valence-corrected chi connectivity index (χ1v) is 37.0. The fourth-order valence-corrected chi connectivity index (χ4v) is 24.0. The molecule has 0 spiro atoms. The highest BCUT2D eigenvalue weighted by molar-refractivity contribution is 6.77. The molecule has 70 heavy (non-hydrogen) atoms. The average molecular weight is 1040 g/mol. The van der Waals surface area contributed by atoms with Crippen molar-refractivity contribution in [3.05, 3.63) is 83.9 Å². The van der Waals surface area contributed by atoms with E-state index in [0.29, 0.717) is 68.7 Å². The van der Waals surface area contributed by atoms with E-state index in [0.717, 1.165) is 34.8 Å². The lowest BCUT2D eigenvalue weighted by molar-refractivity contribution is -0.123. The van der Waals surface area contributed by atoms with Gasteiger partial charge in [0.25, 0.3) is 0 Å². The molecule has 1 N–H and O–H groups in total. The number of ketones is 1. The Hall–Kier alpha value is -1.56. The van der Waals surface area contributed by atoms with E-state index < -0.39 is 45.7 Å². The van der Waals surface area contributed by atoms with Crippen LogP contribution in [0.15, 0.2) is 72.8 Å². The van der Waals surface area contributed by atoms with Gasteiger partial charge in [-0.05, 0) is 107 Å². The number of benzene rings is 2. The molecule has 0 fully saturated rings. The Morgan fingerprint density at radius 2 is 1.10 bits per heavy atom. The van der Waals surface area contributed by atoms with E-state index in [2.05, 4.69) is 162 Å². The number of aliphatic hydroxyl groups is 1. The molecule has 0 amide bonds. The third-order valence-corrected chi connectivity index (χ3v) is 35.9. The van der Waals surface area contributed by atoms with Gasteiger partial charge < -0.3 is 32.0 Å². The molecule has 2 aromatic carbocycles. The summed E-state index contributed by atoms with van der Waals surface area (Å²) in [4.78, 5) is 14.5. The van der Waals surface area contributed by atoms with Crippen LogP contribution in [0.4, 0.5) is 0 Å². The van der Waals surface area contributed by atoms with Gasteiger partial charge in [0.1, 0.15) is 5.78 Å². The second-order valence-corrected chi connectivity index (χ2v) is 43.0. The lowest BCUT2D eigenvalue weighted by atomic mass is 9.94. The van der Waals surface area contributed by atoms with E-state index in [4.69, 9.17) is 26.9 Å². The molecule has 0 unspecified atom stereocenters. The van der Waals surface area contributed by atoms with Gasteiger partial charge in [-0.2, -0.15) is 0 Å². The Morgan fingerprint density at radius 3 is 1.56 bits per heavy atom. The molecule has 0 aliphatic heterocycles. The van der Waals surface area contributed by atoms with Gasteiger partial charge >= 0.3 is 8.56 Å². The van der Waals surface area contributed by atoms with Crippen LogP contribution in [0, 0.1) is 5.92 Å². The van der Waals surface area contributed by atoms with Gasteiger partial charge in [-0.15, -0.1) is 0 Å². The molecule has 0 radical (unpaired) electrons. The Bertz CT molecular complexity index is 1720. The van der Waals surface area contributed by atoms with Crippen molar-refractivity contribution in [3.8, 4) is 0 Å². The van der Waals surface area contributed by atoms with Crippen LogP contribution in [0.3, 0.4) is 0 Å². The lowest BCUT2D eigenvalue weighted by Gasteiger charge is -2.43. The predicted octanol–water partition coefficient (Wildman–Crippen LogP) is 16.5. The zero-order valence-corrected chi connectivity index (χ0v) is 52.3. The molecule has 0 heterocycles. The van der Waals surface area contributed by atoms with Crippen LogP contribution in [-0.2, 0) is 44.9 Å². The summed E-state index contributed by atoms with van der Waals surface area (Å²) in [7, 11) is -9.40. The fraction of sp³-hybridized carbons (Fsp3) is 0.741. The van der Waals surface area contributed by atoms with E-state index in [1.54, 1.807) is 0 Å². The van der Waals surface area contributed by atoms with Crippen LogP contribution in [0.2, 0.25) is 64.0 Å². The van der Waals surface area contributed by atoms with Gasteiger partial charge in [0.2, 0.25) is 0 Å². The van der Waals surface area contributed by atoms with Crippen LogP contribution >= 0.6 is 0 Å². The maximum Gasteiger partial charge on any atom is 0.343 e. The topological polar surface area (TPSA) is 92.7 Å². The van der Waals surface area contributed by atoms with E-state index in [1.165, 1.54) is 0 Å². The molecule has 0 saturated heterocycles. The molecular formula is C58H106O8Si4. The minimum absolute atomic E-state index is 0.00600. The number of Topliss-reactive ketones (excluding diaryl/α,β-unsaturated/α-hetero) is 1. The number of carbonyl (C=O) groups excluding carboxylic acids is 1. The SMILES string of the molecule is C=C(C[C@@H](C[C@H](O)CC(=O)C[C@H](C[C@H](CCOCc1ccccc1)O[Si](OCc1ccccc1)(C(C)C)C(C)C)O[Si](C)(C)C(C)(C)C)O[Si](CC)(CC)CC)[C@@H](C)CO[Si](C(C)C)(C(C)C)C(C)C. The van der Waals surface area contributed by atoms with Gasteiger partial charge in [-0.1, -0.05) is 191 Å². The van der Waals surface area contributed by atoms with Gasteiger partial charge in [-0.3, -0.25) is 4.79 Å². The molecule has 0 aliphatic rings. The number of hydrogen-bond donors (Lipinski definition) is 1. The number of rotatable bonds is 36. The highest BCUT2D eigenvalue weighted by atomic mass is 28.4. The minimum Gasteiger partial charge on any atom is -0.415 e. The third-order valence-electron chi connectivity index (χ3n) is 16.0. The normalized spacial score (nSPS) is 15.6. The van der Waals surface area contributed by atoms with Crippen molar-refractivity contribution >= 4 is 39.3 Å². The van der Waals surface area contributed by atoms with Crippen molar-refractivity contribution in [2.24, 2.45) is 5.92 Å². The Labute approximate surface area is 434 Å². The number of ether oxygens (including phenoxy) is 1. The van der Waals surface area contributed by atoms with Crippen LogP contribution in [0.1, 0.15) is 167 Å². The molecule has 402 valence electrons. The van der Waals surface area contributed by atoms with Gasteiger partial charge in [0, 0.05) is 26.1 Å².